The number of pyridine rings is 1. The lowest BCUT2D eigenvalue weighted by Crippen LogP contribution is -2.06. The Hall–Kier alpha value is -1.94. The second kappa shape index (κ2) is 11.8. The number of aromatic nitrogens is 3. The predicted octanol–water partition coefficient (Wildman–Crippen LogP) is 6.52. The molecule has 152 valence electrons. The highest BCUT2D eigenvalue weighted by Crippen LogP contribution is 2.22. The molecule has 3 aromatic rings. The molecule has 0 aliphatic carbocycles. The molecule has 0 N–H and O–H groups in total. The van der Waals surface area contributed by atoms with Gasteiger partial charge in [0.1, 0.15) is 5.52 Å². The third kappa shape index (κ3) is 6.03. The first kappa shape index (κ1) is 20.8. The van der Waals surface area contributed by atoms with Crippen LogP contribution in [0.1, 0.15) is 71.1 Å². The van der Waals surface area contributed by atoms with Crippen molar-refractivity contribution < 1.29 is 4.74 Å². The molecule has 0 saturated carbocycles. The van der Waals surface area contributed by atoms with Gasteiger partial charge in [0.15, 0.2) is 0 Å². The fourth-order valence-corrected chi connectivity index (χ4v) is 3.83. The SMILES string of the molecule is CCCCCCCCCCCCOCCn1cnc2cnc3ccccc3c21. The van der Waals surface area contributed by atoms with Crippen molar-refractivity contribution in [2.24, 2.45) is 0 Å². The summed E-state index contributed by atoms with van der Waals surface area (Å²) in [5.74, 6) is 0. The van der Waals surface area contributed by atoms with Crippen molar-refractivity contribution in [2.45, 2.75) is 77.7 Å². The molecule has 4 nitrogen and oxygen atoms in total. The molecule has 3 rings (SSSR count). The first-order chi connectivity index (χ1) is 13.9. The molecular formula is C24H35N3O. The number of hydrogen-bond donors (Lipinski definition) is 0. The number of ether oxygens (including phenoxy) is 1. The van der Waals surface area contributed by atoms with Crippen molar-refractivity contribution in [3.8, 4) is 0 Å². The molecule has 1 aromatic carbocycles. The van der Waals surface area contributed by atoms with Gasteiger partial charge in [0.25, 0.3) is 0 Å². The summed E-state index contributed by atoms with van der Waals surface area (Å²) < 4.78 is 8.07. The van der Waals surface area contributed by atoms with E-state index in [0.29, 0.717) is 0 Å². The zero-order chi connectivity index (χ0) is 19.4. The van der Waals surface area contributed by atoms with E-state index in [-0.39, 0.29) is 0 Å². The van der Waals surface area contributed by atoms with Gasteiger partial charge in [0.05, 0.1) is 30.2 Å². The van der Waals surface area contributed by atoms with Crippen LogP contribution in [-0.2, 0) is 11.3 Å². The van der Waals surface area contributed by atoms with E-state index in [2.05, 4.69) is 33.6 Å². The lowest BCUT2D eigenvalue weighted by Gasteiger charge is -2.08. The molecule has 0 radical (unpaired) electrons. The van der Waals surface area contributed by atoms with E-state index in [1.165, 1.54) is 64.2 Å². The molecule has 0 atom stereocenters. The largest absolute Gasteiger partial charge is 0.380 e. The maximum absolute atomic E-state index is 5.88. The highest BCUT2D eigenvalue weighted by molar-refractivity contribution is 6.01. The van der Waals surface area contributed by atoms with Gasteiger partial charge in [-0.2, -0.15) is 0 Å². The summed E-state index contributed by atoms with van der Waals surface area (Å²) in [6.45, 7) is 4.71. The summed E-state index contributed by atoms with van der Waals surface area (Å²) in [5.41, 5.74) is 3.13. The molecule has 0 amide bonds. The van der Waals surface area contributed by atoms with Crippen LogP contribution in [0.5, 0.6) is 0 Å². The quantitative estimate of drug-likeness (QED) is 0.298. The van der Waals surface area contributed by atoms with Crippen molar-refractivity contribution in [1.29, 1.82) is 0 Å². The zero-order valence-electron chi connectivity index (χ0n) is 17.4. The summed E-state index contributed by atoms with van der Waals surface area (Å²) in [7, 11) is 0. The maximum atomic E-state index is 5.88. The third-order valence-corrected chi connectivity index (χ3v) is 5.47. The lowest BCUT2D eigenvalue weighted by molar-refractivity contribution is 0.123. The van der Waals surface area contributed by atoms with E-state index < -0.39 is 0 Å². The minimum atomic E-state index is 0.736. The van der Waals surface area contributed by atoms with Gasteiger partial charge in [-0.25, -0.2) is 4.98 Å². The van der Waals surface area contributed by atoms with Crippen LogP contribution in [-0.4, -0.2) is 27.7 Å². The normalized spacial score (nSPS) is 11.6. The first-order valence-corrected chi connectivity index (χ1v) is 11.2. The smallest absolute Gasteiger partial charge is 0.107 e. The van der Waals surface area contributed by atoms with Crippen molar-refractivity contribution in [1.82, 2.24) is 14.5 Å². The summed E-state index contributed by atoms with van der Waals surface area (Å²) in [6.07, 6.45) is 17.4. The number of benzene rings is 1. The number of imidazole rings is 1. The van der Waals surface area contributed by atoms with Gasteiger partial charge >= 0.3 is 0 Å². The Bertz CT molecular complexity index is 827. The number of rotatable bonds is 14. The number of unbranched alkanes of at least 4 members (excludes halogenated alkanes) is 9. The van der Waals surface area contributed by atoms with Crippen LogP contribution in [0.4, 0.5) is 0 Å². The monoisotopic (exact) mass is 381 g/mol. The summed E-state index contributed by atoms with van der Waals surface area (Å²) in [6, 6.07) is 8.25. The molecule has 0 fully saturated rings. The molecule has 0 saturated heterocycles. The van der Waals surface area contributed by atoms with Crippen molar-refractivity contribution in [2.75, 3.05) is 13.2 Å². The van der Waals surface area contributed by atoms with E-state index in [0.717, 1.165) is 41.7 Å². The van der Waals surface area contributed by atoms with E-state index in [1.807, 2.05) is 24.7 Å². The molecule has 4 heteroatoms. The van der Waals surface area contributed by atoms with E-state index in [4.69, 9.17) is 4.74 Å². The Morgan fingerprint density at radius 3 is 2.29 bits per heavy atom. The fraction of sp³-hybridized carbons (Fsp3) is 0.583. The Labute approximate surface area is 169 Å². The second-order valence-corrected chi connectivity index (χ2v) is 7.74. The van der Waals surface area contributed by atoms with Gasteiger partial charge in [0.2, 0.25) is 0 Å². The molecule has 0 bridgehead atoms. The summed E-state index contributed by atoms with van der Waals surface area (Å²) in [4.78, 5) is 8.98. The van der Waals surface area contributed by atoms with E-state index >= 15 is 0 Å². The molecule has 0 aliphatic rings. The standard InChI is InChI=1S/C24H35N3O/c1-2-3-4-5-6-7-8-9-10-13-17-28-18-16-27-20-26-23-19-25-22-15-12-11-14-21(22)24(23)27/h11-12,14-15,19-20H,2-10,13,16-18H2,1H3. The van der Waals surface area contributed by atoms with Gasteiger partial charge in [-0.1, -0.05) is 82.9 Å². The fourth-order valence-electron chi connectivity index (χ4n) is 3.83. The first-order valence-electron chi connectivity index (χ1n) is 11.2. The maximum Gasteiger partial charge on any atom is 0.107 e. The van der Waals surface area contributed by atoms with Gasteiger partial charge < -0.3 is 9.30 Å². The molecule has 0 aliphatic heterocycles. The van der Waals surface area contributed by atoms with Crippen LogP contribution in [0.25, 0.3) is 21.9 Å². The summed E-state index contributed by atoms with van der Waals surface area (Å²) in [5, 5.41) is 1.16. The average Bonchev–Trinajstić information content (AvgIpc) is 3.15. The third-order valence-electron chi connectivity index (χ3n) is 5.47. The zero-order valence-corrected chi connectivity index (χ0v) is 17.4. The Kier molecular flexibility index (Phi) is 8.76. The minimum absolute atomic E-state index is 0.736. The predicted molar refractivity (Wildman–Crippen MR) is 118 cm³/mol. The van der Waals surface area contributed by atoms with Crippen molar-refractivity contribution >= 4 is 21.9 Å². The van der Waals surface area contributed by atoms with Crippen molar-refractivity contribution in [3.63, 3.8) is 0 Å². The molecule has 28 heavy (non-hydrogen) atoms. The van der Waals surface area contributed by atoms with Crippen LogP contribution < -0.4 is 0 Å². The van der Waals surface area contributed by atoms with Crippen LogP contribution >= 0.6 is 0 Å². The van der Waals surface area contributed by atoms with Gasteiger partial charge in [-0.3, -0.25) is 4.98 Å². The van der Waals surface area contributed by atoms with E-state index in [9.17, 15) is 0 Å². The molecular weight excluding hydrogens is 346 g/mol. The Morgan fingerprint density at radius 2 is 1.50 bits per heavy atom. The number of para-hydroxylation sites is 1. The van der Waals surface area contributed by atoms with Crippen molar-refractivity contribution in [3.05, 3.63) is 36.8 Å². The highest BCUT2D eigenvalue weighted by atomic mass is 16.5. The van der Waals surface area contributed by atoms with Gasteiger partial charge in [0, 0.05) is 18.5 Å². The highest BCUT2D eigenvalue weighted by Gasteiger charge is 2.07. The minimum Gasteiger partial charge on any atom is -0.380 e. The molecule has 0 spiro atoms. The van der Waals surface area contributed by atoms with Gasteiger partial charge in [-0.05, 0) is 12.5 Å². The van der Waals surface area contributed by atoms with E-state index in [1.54, 1.807) is 0 Å². The van der Waals surface area contributed by atoms with Crippen LogP contribution in [0.15, 0.2) is 36.8 Å². The van der Waals surface area contributed by atoms with Crippen LogP contribution in [0.2, 0.25) is 0 Å². The van der Waals surface area contributed by atoms with Crippen LogP contribution in [0.3, 0.4) is 0 Å². The number of nitrogens with zero attached hydrogens (tertiary/aromatic N) is 3. The topological polar surface area (TPSA) is 39.9 Å². The molecule has 2 aromatic heterocycles. The Balaban J connectivity index is 1.30. The van der Waals surface area contributed by atoms with Crippen LogP contribution in [0, 0.1) is 0 Å². The Morgan fingerprint density at radius 1 is 0.786 bits per heavy atom. The average molecular weight is 382 g/mol. The second-order valence-electron chi connectivity index (χ2n) is 7.74. The number of hydrogen-bond acceptors (Lipinski definition) is 3. The molecule has 2 heterocycles. The summed E-state index contributed by atoms with van der Waals surface area (Å²) >= 11 is 0. The van der Waals surface area contributed by atoms with Gasteiger partial charge in [-0.15, -0.1) is 0 Å². The number of fused-ring (bicyclic) bond motifs is 3. The lowest BCUT2D eigenvalue weighted by atomic mass is 10.1. The molecule has 0 unspecified atom stereocenters.